The molecule has 4 aromatic rings. The highest BCUT2D eigenvalue weighted by Gasteiger charge is 2.39. The van der Waals surface area contributed by atoms with Gasteiger partial charge in [0.2, 0.25) is 0 Å². The zero-order valence-electron chi connectivity index (χ0n) is 23.6. The Kier molecular flexibility index (Phi) is 10.2. The predicted octanol–water partition coefficient (Wildman–Crippen LogP) is 4.22. The van der Waals surface area contributed by atoms with Gasteiger partial charge in [0, 0.05) is 0 Å². The van der Waals surface area contributed by atoms with Crippen molar-refractivity contribution in [2.24, 2.45) is 5.41 Å². The predicted molar refractivity (Wildman–Crippen MR) is 156 cm³/mol. The van der Waals surface area contributed by atoms with Crippen LogP contribution in [0.4, 0.5) is 0 Å². The van der Waals surface area contributed by atoms with Gasteiger partial charge in [0.1, 0.15) is 77.1 Å². The molecule has 4 N–H and O–H groups in total. The summed E-state index contributed by atoms with van der Waals surface area (Å²) in [5.74, 6) is -5.50. The van der Waals surface area contributed by atoms with Crippen LogP contribution in [0.3, 0.4) is 0 Å². The number of esters is 4. The second kappa shape index (κ2) is 14.4. The zero-order chi connectivity index (χ0) is 32.4. The Labute approximate surface area is 256 Å². The Hall–Kier alpha value is -6.04. The first kappa shape index (κ1) is 31.9. The molecular formula is C33H28O12. The second-order valence-corrected chi connectivity index (χ2v) is 9.87. The number of hydrogen-bond acceptors (Lipinski definition) is 12. The Morgan fingerprint density at radius 2 is 0.600 bits per heavy atom. The number of para-hydroxylation sites is 4. The molecule has 4 rings (SSSR count). The molecule has 0 heterocycles. The van der Waals surface area contributed by atoms with E-state index in [2.05, 4.69) is 0 Å². The average molecular weight is 617 g/mol. The highest BCUT2D eigenvalue weighted by Crippen LogP contribution is 2.28. The fourth-order valence-corrected chi connectivity index (χ4v) is 4.02. The minimum Gasteiger partial charge on any atom is -0.507 e. The number of phenols is 4. The molecule has 0 aliphatic rings. The number of phenolic OH excluding ortho intramolecular Hbond substituents is 4. The number of ether oxygens (including phenoxy) is 4. The third-order valence-electron chi connectivity index (χ3n) is 6.53. The lowest BCUT2D eigenvalue weighted by Crippen LogP contribution is -2.44. The summed E-state index contributed by atoms with van der Waals surface area (Å²) in [7, 11) is 0. The first-order valence-corrected chi connectivity index (χ1v) is 13.4. The highest BCUT2D eigenvalue weighted by molar-refractivity contribution is 5.94. The second-order valence-electron chi connectivity index (χ2n) is 9.87. The average Bonchev–Trinajstić information content (AvgIpc) is 3.04. The van der Waals surface area contributed by atoms with Crippen molar-refractivity contribution in [1.82, 2.24) is 0 Å². The normalized spacial score (nSPS) is 10.8. The summed E-state index contributed by atoms with van der Waals surface area (Å²) in [4.78, 5) is 51.7. The van der Waals surface area contributed by atoms with Crippen LogP contribution in [0.25, 0.3) is 0 Å². The molecule has 12 heteroatoms. The monoisotopic (exact) mass is 616 g/mol. The van der Waals surface area contributed by atoms with Gasteiger partial charge in [-0.3, -0.25) is 0 Å². The van der Waals surface area contributed by atoms with Crippen molar-refractivity contribution in [3.05, 3.63) is 119 Å². The molecule has 0 aromatic heterocycles. The summed E-state index contributed by atoms with van der Waals surface area (Å²) in [6, 6.07) is 22.2. The van der Waals surface area contributed by atoms with E-state index in [4.69, 9.17) is 18.9 Å². The SMILES string of the molecule is O=C(OCC(COC(=O)c1ccccc1O)(COC(=O)c1ccccc1O)COC(=O)c1ccccc1O)c1ccccc1O. The minimum atomic E-state index is -1.78. The van der Waals surface area contributed by atoms with Crippen LogP contribution in [-0.4, -0.2) is 70.7 Å². The highest BCUT2D eigenvalue weighted by atomic mass is 16.6. The van der Waals surface area contributed by atoms with Crippen molar-refractivity contribution >= 4 is 23.9 Å². The third kappa shape index (κ3) is 8.08. The van der Waals surface area contributed by atoms with Crippen LogP contribution in [0.1, 0.15) is 41.4 Å². The Balaban J connectivity index is 1.65. The Bertz CT molecular complexity index is 1450. The van der Waals surface area contributed by atoms with Gasteiger partial charge in [-0.2, -0.15) is 0 Å². The maximum absolute atomic E-state index is 12.9. The standard InChI is InChI=1S/C33H28O12/c34-25-13-5-1-9-21(25)29(38)42-17-33(18-43-30(39)22-10-2-6-14-26(22)35,19-44-31(40)23-11-3-7-15-27(23)36)20-45-32(41)24-12-4-8-16-28(24)37/h1-16,34-37H,17-20H2. The Morgan fingerprint density at radius 3 is 0.800 bits per heavy atom. The molecule has 12 nitrogen and oxygen atoms in total. The lowest BCUT2D eigenvalue weighted by atomic mass is 9.92. The quantitative estimate of drug-likeness (QED) is 0.131. The molecule has 0 saturated heterocycles. The van der Waals surface area contributed by atoms with Gasteiger partial charge in [0.25, 0.3) is 0 Å². The van der Waals surface area contributed by atoms with E-state index < -0.39 is 55.7 Å². The van der Waals surface area contributed by atoms with Crippen LogP contribution < -0.4 is 0 Å². The van der Waals surface area contributed by atoms with Crippen LogP contribution in [0, 0.1) is 5.41 Å². The van der Waals surface area contributed by atoms with E-state index in [1.807, 2.05) is 0 Å². The van der Waals surface area contributed by atoms with Crippen molar-refractivity contribution in [2.75, 3.05) is 26.4 Å². The summed E-state index contributed by atoms with van der Waals surface area (Å²) >= 11 is 0. The van der Waals surface area contributed by atoms with Gasteiger partial charge in [0.05, 0.1) is 0 Å². The lowest BCUT2D eigenvalue weighted by Gasteiger charge is -2.31. The van der Waals surface area contributed by atoms with Crippen LogP contribution in [0.5, 0.6) is 23.0 Å². The van der Waals surface area contributed by atoms with E-state index in [1.165, 1.54) is 97.1 Å². The molecule has 4 aromatic carbocycles. The van der Waals surface area contributed by atoms with Crippen LogP contribution in [0.2, 0.25) is 0 Å². The van der Waals surface area contributed by atoms with Gasteiger partial charge in [-0.05, 0) is 48.5 Å². The molecule has 0 unspecified atom stereocenters. The topological polar surface area (TPSA) is 186 Å². The number of aromatic hydroxyl groups is 4. The molecule has 0 bridgehead atoms. The van der Waals surface area contributed by atoms with E-state index in [9.17, 15) is 39.6 Å². The van der Waals surface area contributed by atoms with Crippen molar-refractivity contribution < 1.29 is 58.6 Å². The zero-order valence-corrected chi connectivity index (χ0v) is 23.6. The number of hydrogen-bond donors (Lipinski definition) is 4. The van der Waals surface area contributed by atoms with Gasteiger partial charge in [-0.1, -0.05) is 48.5 Å². The van der Waals surface area contributed by atoms with E-state index >= 15 is 0 Å². The fraction of sp³-hybridized carbons (Fsp3) is 0.152. The number of rotatable bonds is 12. The smallest absolute Gasteiger partial charge is 0.341 e. The maximum atomic E-state index is 12.9. The lowest BCUT2D eigenvalue weighted by molar-refractivity contribution is -0.0642. The third-order valence-corrected chi connectivity index (χ3v) is 6.53. The summed E-state index contributed by atoms with van der Waals surface area (Å²) in [5, 5.41) is 40.5. The number of benzene rings is 4. The van der Waals surface area contributed by atoms with Gasteiger partial charge in [-0.25, -0.2) is 19.2 Å². The largest absolute Gasteiger partial charge is 0.507 e. The summed E-state index contributed by atoms with van der Waals surface area (Å²) < 4.78 is 21.8. The molecule has 0 aliphatic heterocycles. The van der Waals surface area contributed by atoms with E-state index in [1.54, 1.807) is 0 Å². The first-order chi connectivity index (χ1) is 21.6. The van der Waals surface area contributed by atoms with Gasteiger partial charge in [0.15, 0.2) is 0 Å². The molecule has 0 atom stereocenters. The minimum absolute atomic E-state index is 0.199. The summed E-state index contributed by atoms with van der Waals surface area (Å²) in [6.07, 6.45) is 0. The molecular weight excluding hydrogens is 588 g/mol. The number of carbonyl (C=O) groups is 4. The number of carbonyl (C=O) groups excluding carboxylic acids is 4. The van der Waals surface area contributed by atoms with Crippen molar-refractivity contribution in [2.45, 2.75) is 0 Å². The van der Waals surface area contributed by atoms with Crippen molar-refractivity contribution in [3.8, 4) is 23.0 Å². The van der Waals surface area contributed by atoms with Crippen molar-refractivity contribution in [3.63, 3.8) is 0 Å². The van der Waals surface area contributed by atoms with Gasteiger partial charge in [-0.15, -0.1) is 0 Å². The van der Waals surface area contributed by atoms with Crippen molar-refractivity contribution in [1.29, 1.82) is 0 Å². The van der Waals surface area contributed by atoms with Gasteiger partial charge < -0.3 is 39.4 Å². The summed E-state index contributed by atoms with van der Waals surface area (Å²) in [5.41, 5.74) is -2.57. The molecule has 0 aliphatic carbocycles. The molecule has 232 valence electrons. The Morgan fingerprint density at radius 1 is 0.400 bits per heavy atom. The molecule has 0 radical (unpaired) electrons. The first-order valence-electron chi connectivity index (χ1n) is 13.4. The summed E-state index contributed by atoms with van der Waals surface area (Å²) in [6.45, 7) is -2.74. The van der Waals surface area contributed by atoms with E-state index in [-0.39, 0.29) is 45.3 Å². The van der Waals surface area contributed by atoms with Crippen LogP contribution >= 0.6 is 0 Å². The van der Waals surface area contributed by atoms with E-state index in [0.717, 1.165) is 0 Å². The molecule has 0 fully saturated rings. The van der Waals surface area contributed by atoms with Crippen LogP contribution in [-0.2, 0) is 18.9 Å². The molecule has 0 spiro atoms. The maximum Gasteiger partial charge on any atom is 0.341 e. The molecule has 0 amide bonds. The molecule has 0 saturated carbocycles. The van der Waals surface area contributed by atoms with E-state index in [0.29, 0.717) is 0 Å². The van der Waals surface area contributed by atoms with Crippen LogP contribution in [0.15, 0.2) is 97.1 Å². The molecule has 45 heavy (non-hydrogen) atoms. The van der Waals surface area contributed by atoms with Gasteiger partial charge >= 0.3 is 23.9 Å². The fourth-order valence-electron chi connectivity index (χ4n) is 4.02.